The number of benzene rings is 2. The van der Waals surface area contributed by atoms with Crippen molar-refractivity contribution in [2.75, 3.05) is 12.0 Å². The molecule has 0 spiro atoms. The molecule has 142 valence electrons. The molecular weight excluding hydrogens is 352 g/mol. The molecule has 4 rings (SSSR count). The smallest absolute Gasteiger partial charge is 0.314 e. The Hall–Kier alpha value is -3.28. The molecule has 1 unspecified atom stereocenters. The summed E-state index contributed by atoms with van der Waals surface area (Å²) in [6.07, 6.45) is 2.48. The average Bonchev–Trinajstić information content (AvgIpc) is 3.21. The topological polar surface area (TPSA) is 76.5 Å². The Morgan fingerprint density at radius 2 is 1.82 bits per heavy atom. The fourth-order valence-electron chi connectivity index (χ4n) is 3.46. The Labute approximate surface area is 163 Å². The van der Waals surface area contributed by atoms with Crippen LogP contribution in [0.25, 0.3) is 22.3 Å². The molecule has 6 heteroatoms. The van der Waals surface area contributed by atoms with Gasteiger partial charge >= 0.3 is 5.97 Å². The van der Waals surface area contributed by atoms with E-state index in [1.807, 2.05) is 61.5 Å². The normalized spacial score (nSPS) is 17.8. The monoisotopic (exact) mass is 374 g/mol. The third kappa shape index (κ3) is 3.71. The van der Waals surface area contributed by atoms with Gasteiger partial charge in [-0.05, 0) is 38.3 Å². The van der Waals surface area contributed by atoms with Gasteiger partial charge in [0.05, 0.1) is 29.3 Å². The van der Waals surface area contributed by atoms with Gasteiger partial charge in [0.15, 0.2) is 5.82 Å². The van der Waals surface area contributed by atoms with Crippen LogP contribution < -0.4 is 5.43 Å². The molecule has 0 amide bonds. The van der Waals surface area contributed by atoms with E-state index < -0.39 is 0 Å². The van der Waals surface area contributed by atoms with Gasteiger partial charge in [0, 0.05) is 5.56 Å². The Morgan fingerprint density at radius 1 is 1.11 bits per heavy atom. The summed E-state index contributed by atoms with van der Waals surface area (Å²) in [7, 11) is 0. The van der Waals surface area contributed by atoms with Crippen molar-refractivity contribution in [1.82, 2.24) is 9.97 Å². The van der Waals surface area contributed by atoms with E-state index in [9.17, 15) is 4.79 Å². The third-order valence-corrected chi connectivity index (χ3v) is 4.82. The highest BCUT2D eigenvalue weighted by molar-refractivity contribution is 6.04. The van der Waals surface area contributed by atoms with Gasteiger partial charge in [-0.1, -0.05) is 42.5 Å². The Bertz CT molecular complexity index is 1020. The first-order chi connectivity index (χ1) is 13.8. The minimum absolute atomic E-state index is 0.201. The Balaban J connectivity index is 1.70. The van der Waals surface area contributed by atoms with E-state index in [1.165, 1.54) is 0 Å². The number of esters is 1. The van der Waals surface area contributed by atoms with Crippen molar-refractivity contribution < 1.29 is 9.53 Å². The van der Waals surface area contributed by atoms with Gasteiger partial charge < -0.3 is 4.74 Å². The SMILES string of the molecule is CCOC(=O)C1CCC/C1=N\Nc1nc2ccccc2nc1-c1ccccc1. The number of para-hydroxylation sites is 2. The molecule has 0 bridgehead atoms. The van der Waals surface area contributed by atoms with Gasteiger partial charge in [0.25, 0.3) is 0 Å². The maximum Gasteiger partial charge on any atom is 0.314 e. The summed E-state index contributed by atoms with van der Waals surface area (Å²) in [6, 6.07) is 17.6. The molecule has 0 saturated heterocycles. The number of nitrogens with one attached hydrogen (secondary N) is 1. The van der Waals surface area contributed by atoms with E-state index in [-0.39, 0.29) is 11.9 Å². The number of aromatic nitrogens is 2. The van der Waals surface area contributed by atoms with Crippen molar-refractivity contribution in [3.63, 3.8) is 0 Å². The van der Waals surface area contributed by atoms with Crippen molar-refractivity contribution in [1.29, 1.82) is 0 Å². The molecule has 1 fully saturated rings. The number of hydrogen-bond acceptors (Lipinski definition) is 6. The highest BCUT2D eigenvalue weighted by Gasteiger charge is 2.30. The number of nitrogens with zero attached hydrogens (tertiary/aromatic N) is 3. The van der Waals surface area contributed by atoms with Crippen LogP contribution in [0.2, 0.25) is 0 Å². The number of hydrazone groups is 1. The van der Waals surface area contributed by atoms with Gasteiger partial charge in [0.2, 0.25) is 0 Å². The van der Waals surface area contributed by atoms with Gasteiger partial charge in [-0.3, -0.25) is 10.2 Å². The molecule has 2 aromatic carbocycles. The van der Waals surface area contributed by atoms with Crippen LogP contribution in [0.4, 0.5) is 5.82 Å². The zero-order valence-corrected chi connectivity index (χ0v) is 15.8. The number of anilines is 1. The van der Waals surface area contributed by atoms with Crippen molar-refractivity contribution >= 4 is 28.5 Å². The molecule has 1 aliphatic carbocycles. The molecule has 28 heavy (non-hydrogen) atoms. The lowest BCUT2D eigenvalue weighted by molar-refractivity contribution is -0.145. The van der Waals surface area contributed by atoms with Crippen LogP contribution in [0.5, 0.6) is 0 Å². The number of carbonyl (C=O) groups is 1. The molecule has 0 radical (unpaired) electrons. The zero-order valence-electron chi connectivity index (χ0n) is 15.8. The van der Waals surface area contributed by atoms with Gasteiger partial charge in [0.1, 0.15) is 5.69 Å². The standard InChI is InChI=1S/C22H22N4O2/c1-2-28-22(27)16-11-8-14-17(16)25-26-21-20(15-9-4-3-5-10-15)23-18-12-6-7-13-19(18)24-21/h3-7,9-10,12-13,16H,2,8,11,14H2,1H3,(H,24,26)/b25-17+. The second-order valence-electron chi connectivity index (χ2n) is 6.69. The second kappa shape index (κ2) is 8.17. The number of hydrogen-bond donors (Lipinski definition) is 1. The summed E-state index contributed by atoms with van der Waals surface area (Å²) in [5, 5.41) is 4.53. The van der Waals surface area contributed by atoms with Gasteiger partial charge in [-0.25, -0.2) is 9.97 Å². The first-order valence-electron chi connectivity index (χ1n) is 9.57. The van der Waals surface area contributed by atoms with Crippen LogP contribution in [0.3, 0.4) is 0 Å². The van der Waals surface area contributed by atoms with Gasteiger partial charge in [-0.2, -0.15) is 5.10 Å². The van der Waals surface area contributed by atoms with Crippen LogP contribution in [-0.4, -0.2) is 28.3 Å². The predicted molar refractivity (Wildman–Crippen MR) is 110 cm³/mol. The minimum Gasteiger partial charge on any atom is -0.465 e. The molecule has 1 N–H and O–H groups in total. The van der Waals surface area contributed by atoms with E-state index in [1.54, 1.807) is 0 Å². The molecule has 1 aliphatic rings. The second-order valence-corrected chi connectivity index (χ2v) is 6.69. The lowest BCUT2D eigenvalue weighted by Gasteiger charge is -2.12. The Kier molecular flexibility index (Phi) is 5.28. The highest BCUT2D eigenvalue weighted by Crippen LogP contribution is 2.28. The summed E-state index contributed by atoms with van der Waals surface area (Å²) in [5.41, 5.74) is 7.19. The molecule has 1 aromatic heterocycles. The molecule has 6 nitrogen and oxygen atoms in total. The van der Waals surface area contributed by atoms with Crippen LogP contribution in [0.1, 0.15) is 26.2 Å². The molecule has 1 atom stereocenters. The number of fused-ring (bicyclic) bond motifs is 1. The van der Waals surface area contributed by atoms with E-state index in [2.05, 4.69) is 10.5 Å². The summed E-state index contributed by atoms with van der Waals surface area (Å²) in [5.74, 6) is 0.0985. The quantitative estimate of drug-likeness (QED) is 0.528. The van der Waals surface area contributed by atoms with Crippen molar-refractivity contribution in [2.45, 2.75) is 26.2 Å². The zero-order chi connectivity index (χ0) is 19.3. The first-order valence-corrected chi connectivity index (χ1v) is 9.57. The van der Waals surface area contributed by atoms with Crippen LogP contribution in [0.15, 0.2) is 59.7 Å². The fraction of sp³-hybridized carbons (Fsp3) is 0.273. The molecule has 0 aliphatic heterocycles. The van der Waals surface area contributed by atoms with Gasteiger partial charge in [-0.15, -0.1) is 0 Å². The number of carbonyl (C=O) groups excluding carboxylic acids is 1. The van der Waals surface area contributed by atoms with E-state index in [4.69, 9.17) is 14.7 Å². The van der Waals surface area contributed by atoms with E-state index >= 15 is 0 Å². The Morgan fingerprint density at radius 3 is 2.57 bits per heavy atom. The predicted octanol–water partition coefficient (Wildman–Crippen LogP) is 4.43. The summed E-state index contributed by atoms with van der Waals surface area (Å²) in [6.45, 7) is 2.20. The molecule has 1 heterocycles. The minimum atomic E-state index is -0.277. The van der Waals surface area contributed by atoms with E-state index in [0.29, 0.717) is 12.4 Å². The fourth-order valence-corrected chi connectivity index (χ4v) is 3.46. The average molecular weight is 374 g/mol. The van der Waals surface area contributed by atoms with Crippen molar-refractivity contribution in [3.8, 4) is 11.3 Å². The number of rotatable bonds is 5. The summed E-state index contributed by atoms with van der Waals surface area (Å²) < 4.78 is 5.18. The molecular formula is C22H22N4O2. The lowest BCUT2D eigenvalue weighted by Crippen LogP contribution is -2.22. The van der Waals surface area contributed by atoms with Crippen LogP contribution >= 0.6 is 0 Å². The first kappa shape index (κ1) is 18.1. The lowest BCUT2D eigenvalue weighted by atomic mass is 10.1. The van der Waals surface area contributed by atoms with Crippen molar-refractivity contribution in [3.05, 3.63) is 54.6 Å². The summed E-state index contributed by atoms with van der Waals surface area (Å²) in [4.78, 5) is 21.7. The molecule has 1 saturated carbocycles. The summed E-state index contributed by atoms with van der Waals surface area (Å²) >= 11 is 0. The maximum atomic E-state index is 12.2. The molecule has 3 aromatic rings. The maximum absolute atomic E-state index is 12.2. The van der Waals surface area contributed by atoms with Crippen LogP contribution in [-0.2, 0) is 9.53 Å². The highest BCUT2D eigenvalue weighted by atomic mass is 16.5. The largest absolute Gasteiger partial charge is 0.465 e. The third-order valence-electron chi connectivity index (χ3n) is 4.82. The van der Waals surface area contributed by atoms with E-state index in [0.717, 1.165) is 47.3 Å². The van der Waals surface area contributed by atoms with Crippen molar-refractivity contribution in [2.24, 2.45) is 11.0 Å². The number of ether oxygens (including phenoxy) is 1. The van der Waals surface area contributed by atoms with Crippen LogP contribution in [0, 0.1) is 5.92 Å².